The molecule has 1 aromatic heterocycles. The summed E-state index contributed by atoms with van der Waals surface area (Å²) in [5.41, 5.74) is 10.3. The third-order valence-corrected chi connectivity index (χ3v) is 2.18. The van der Waals surface area contributed by atoms with Crippen molar-refractivity contribution in [2.45, 2.75) is 0 Å². The molecule has 0 saturated carbocycles. The summed E-state index contributed by atoms with van der Waals surface area (Å²) in [5, 5.41) is 23.1. The predicted octanol–water partition coefficient (Wildman–Crippen LogP) is 0.296. The van der Waals surface area contributed by atoms with E-state index in [1.807, 2.05) is 0 Å². The van der Waals surface area contributed by atoms with Crippen molar-refractivity contribution in [3.8, 4) is 5.88 Å². The number of nitrogens with two attached hydrogens (primary N) is 1. The lowest BCUT2D eigenvalue weighted by atomic mass is 10.2. The Morgan fingerprint density at radius 1 is 1.50 bits per heavy atom. The Balaban J connectivity index is 2.26. The summed E-state index contributed by atoms with van der Waals surface area (Å²) in [4.78, 5) is 12.8. The lowest BCUT2D eigenvalue weighted by Crippen LogP contribution is -2.36. The summed E-state index contributed by atoms with van der Waals surface area (Å²) in [6.07, 6.45) is 0. The number of anilines is 1. The van der Waals surface area contributed by atoms with Crippen LogP contribution in [0.5, 0.6) is 5.88 Å². The molecule has 0 spiro atoms. The number of nitrogens with one attached hydrogen (secondary N) is 3. The van der Waals surface area contributed by atoms with Crippen molar-refractivity contribution < 1.29 is 10.1 Å². The van der Waals surface area contributed by atoms with Gasteiger partial charge in [0.1, 0.15) is 5.69 Å². The number of nitrogens with zero attached hydrogens (tertiary/aromatic N) is 2. The van der Waals surface area contributed by atoms with Crippen LogP contribution >= 0.6 is 0 Å². The van der Waals surface area contributed by atoms with Crippen LogP contribution < -0.4 is 16.6 Å². The Morgan fingerprint density at radius 3 is 2.94 bits per heavy atom. The van der Waals surface area contributed by atoms with Gasteiger partial charge in [-0.3, -0.25) is 5.43 Å². The van der Waals surface area contributed by atoms with Crippen molar-refractivity contribution in [2.75, 3.05) is 5.43 Å². The molecule has 1 heterocycles. The van der Waals surface area contributed by atoms with E-state index in [2.05, 4.69) is 15.5 Å². The van der Waals surface area contributed by atoms with Crippen LogP contribution in [-0.4, -0.2) is 21.1 Å². The van der Waals surface area contributed by atoms with Crippen molar-refractivity contribution in [3.63, 3.8) is 0 Å². The minimum atomic E-state index is -0.838. The average molecular weight is 250 g/mol. The van der Waals surface area contributed by atoms with E-state index in [-0.39, 0.29) is 5.88 Å². The monoisotopic (exact) mass is 250 g/mol. The molecule has 0 atom stereocenters. The molecule has 6 N–H and O–H groups in total. The standard InChI is InChI=1S/C9H10N6O3/c10-9(14-15(17)18)13-12-7-5-3-1-2-4-6(5)11-8(7)16/h1-4,11-12,16H,(H3,10,13,14). The Hall–Kier alpha value is -2.97. The number of hydrazone groups is 1. The molecule has 0 amide bonds. The van der Waals surface area contributed by atoms with Crippen LogP contribution in [0.3, 0.4) is 0 Å². The zero-order chi connectivity index (χ0) is 13.1. The fourth-order valence-electron chi connectivity index (χ4n) is 1.48. The van der Waals surface area contributed by atoms with Gasteiger partial charge in [0, 0.05) is 5.39 Å². The molecule has 2 rings (SSSR count). The van der Waals surface area contributed by atoms with Gasteiger partial charge >= 0.3 is 0 Å². The highest BCUT2D eigenvalue weighted by Gasteiger charge is 2.09. The van der Waals surface area contributed by atoms with Crippen molar-refractivity contribution in [2.24, 2.45) is 10.8 Å². The van der Waals surface area contributed by atoms with E-state index in [1.165, 1.54) is 0 Å². The van der Waals surface area contributed by atoms with Crippen molar-refractivity contribution in [3.05, 3.63) is 34.4 Å². The number of fused-ring (bicyclic) bond motifs is 1. The number of aromatic hydroxyl groups is 1. The molecule has 0 unspecified atom stereocenters. The van der Waals surface area contributed by atoms with Crippen LogP contribution in [0.1, 0.15) is 0 Å². The number of rotatable bonds is 3. The number of nitro groups is 1. The Labute approximate surface area is 100 Å². The normalized spacial score (nSPS) is 11.4. The van der Waals surface area contributed by atoms with Gasteiger partial charge in [-0.25, -0.2) is 10.1 Å². The van der Waals surface area contributed by atoms with Crippen molar-refractivity contribution in [1.29, 1.82) is 0 Å². The van der Waals surface area contributed by atoms with Gasteiger partial charge in [0.15, 0.2) is 5.03 Å². The number of benzene rings is 1. The molecule has 1 aromatic carbocycles. The quantitative estimate of drug-likeness (QED) is 0.229. The highest BCUT2D eigenvalue weighted by molar-refractivity contribution is 5.96. The summed E-state index contributed by atoms with van der Waals surface area (Å²) in [7, 11) is 0. The number of para-hydroxylation sites is 1. The van der Waals surface area contributed by atoms with Crippen LogP contribution in [0.2, 0.25) is 0 Å². The van der Waals surface area contributed by atoms with Crippen LogP contribution in [0.25, 0.3) is 10.9 Å². The summed E-state index contributed by atoms with van der Waals surface area (Å²) >= 11 is 0. The van der Waals surface area contributed by atoms with Gasteiger partial charge in [0.2, 0.25) is 5.88 Å². The zero-order valence-corrected chi connectivity index (χ0v) is 9.04. The lowest BCUT2D eigenvalue weighted by Gasteiger charge is -2.00. The van der Waals surface area contributed by atoms with Gasteiger partial charge in [-0.2, -0.15) is 0 Å². The van der Waals surface area contributed by atoms with E-state index in [9.17, 15) is 15.2 Å². The fraction of sp³-hybridized carbons (Fsp3) is 0. The number of hydrazine groups is 1. The summed E-state index contributed by atoms with van der Waals surface area (Å²) in [6, 6.07) is 7.10. The Morgan fingerprint density at radius 2 is 2.22 bits per heavy atom. The minimum Gasteiger partial charge on any atom is -0.493 e. The smallest absolute Gasteiger partial charge is 0.273 e. The topological polar surface area (TPSA) is 142 Å². The number of hydrogen-bond donors (Lipinski definition) is 5. The first kappa shape index (κ1) is 11.5. The van der Waals surface area contributed by atoms with E-state index >= 15 is 0 Å². The molecule has 9 nitrogen and oxygen atoms in total. The molecular formula is C9H10N6O3. The molecular weight excluding hydrogens is 240 g/mol. The van der Waals surface area contributed by atoms with E-state index in [4.69, 9.17) is 5.73 Å². The second-order valence-corrected chi connectivity index (χ2v) is 3.37. The maximum atomic E-state index is 10.1. The highest BCUT2D eigenvalue weighted by atomic mass is 16.7. The van der Waals surface area contributed by atoms with Gasteiger partial charge in [-0.1, -0.05) is 23.6 Å². The Bertz CT molecular complexity index is 620. The molecule has 9 heteroatoms. The molecule has 0 aliphatic heterocycles. The molecule has 0 saturated heterocycles. The van der Waals surface area contributed by atoms with E-state index in [1.54, 1.807) is 29.7 Å². The zero-order valence-electron chi connectivity index (χ0n) is 9.04. The highest BCUT2D eigenvalue weighted by Crippen LogP contribution is 2.32. The molecule has 0 aliphatic rings. The van der Waals surface area contributed by atoms with E-state index in [0.29, 0.717) is 16.6 Å². The summed E-state index contributed by atoms with van der Waals surface area (Å²) in [5.74, 6) is -0.557. The average Bonchev–Trinajstić information content (AvgIpc) is 2.61. The van der Waals surface area contributed by atoms with E-state index < -0.39 is 11.0 Å². The number of hydrogen-bond acceptors (Lipinski definition) is 5. The molecule has 94 valence electrons. The van der Waals surface area contributed by atoms with Crippen LogP contribution in [0.15, 0.2) is 29.4 Å². The second-order valence-electron chi connectivity index (χ2n) is 3.37. The molecule has 0 fully saturated rings. The van der Waals surface area contributed by atoms with Gasteiger partial charge in [-0.05, 0) is 6.07 Å². The molecule has 0 aliphatic carbocycles. The first-order valence-electron chi connectivity index (χ1n) is 4.88. The van der Waals surface area contributed by atoms with Gasteiger partial charge in [0.25, 0.3) is 5.96 Å². The van der Waals surface area contributed by atoms with Crippen LogP contribution in [0, 0.1) is 10.1 Å². The molecule has 0 radical (unpaired) electrons. The SMILES string of the molecule is N/C(=N\Nc1c(O)[nH]c2ccccc12)N[N+](=O)[O-]. The van der Waals surface area contributed by atoms with Gasteiger partial charge in [-0.15, -0.1) is 5.10 Å². The first-order valence-corrected chi connectivity index (χ1v) is 4.88. The van der Waals surface area contributed by atoms with Gasteiger partial charge < -0.3 is 15.8 Å². The number of H-pyrrole nitrogens is 1. The lowest BCUT2D eigenvalue weighted by molar-refractivity contribution is -0.525. The van der Waals surface area contributed by atoms with Crippen LogP contribution in [-0.2, 0) is 0 Å². The van der Waals surface area contributed by atoms with Crippen molar-refractivity contribution in [1.82, 2.24) is 10.4 Å². The molecule has 18 heavy (non-hydrogen) atoms. The first-order chi connectivity index (χ1) is 8.58. The summed E-state index contributed by atoms with van der Waals surface area (Å²) < 4.78 is 0. The van der Waals surface area contributed by atoms with Crippen molar-refractivity contribution >= 4 is 22.5 Å². The number of aromatic nitrogens is 1. The summed E-state index contributed by atoms with van der Waals surface area (Å²) in [6.45, 7) is 0. The maximum Gasteiger partial charge on any atom is 0.273 e. The van der Waals surface area contributed by atoms with Crippen LogP contribution in [0.4, 0.5) is 5.69 Å². The number of guanidine groups is 1. The Kier molecular flexibility index (Phi) is 2.87. The largest absolute Gasteiger partial charge is 0.493 e. The fourth-order valence-corrected chi connectivity index (χ4v) is 1.48. The second kappa shape index (κ2) is 4.49. The third kappa shape index (κ3) is 2.24. The van der Waals surface area contributed by atoms with E-state index in [0.717, 1.165) is 0 Å². The predicted molar refractivity (Wildman–Crippen MR) is 65.3 cm³/mol. The third-order valence-electron chi connectivity index (χ3n) is 2.18. The molecule has 0 bridgehead atoms. The number of aromatic amines is 1. The molecule has 2 aromatic rings. The van der Waals surface area contributed by atoms with Gasteiger partial charge in [0.05, 0.1) is 5.52 Å². The minimum absolute atomic E-state index is 0.131. The maximum absolute atomic E-state index is 10.1.